The molecule has 0 spiro atoms. The lowest BCUT2D eigenvalue weighted by atomic mass is 9.85. The Balaban J connectivity index is 1.74. The van der Waals surface area contributed by atoms with Crippen LogP contribution in [0.15, 0.2) is 18.2 Å². The zero-order valence-corrected chi connectivity index (χ0v) is 9.83. The Morgan fingerprint density at radius 1 is 1.33 bits per heavy atom. The minimum absolute atomic E-state index is 0.215. The van der Waals surface area contributed by atoms with Gasteiger partial charge in [-0.2, -0.15) is 0 Å². The molecule has 1 aromatic rings. The maximum absolute atomic E-state index is 13.5. The highest BCUT2D eigenvalue weighted by Gasteiger charge is 2.51. The van der Waals surface area contributed by atoms with Crippen molar-refractivity contribution in [2.24, 2.45) is 11.7 Å². The molecule has 1 heterocycles. The number of nitrogens with two attached hydrogens (primary N) is 1. The summed E-state index contributed by atoms with van der Waals surface area (Å²) in [6.45, 7) is 0.874. The van der Waals surface area contributed by atoms with Crippen LogP contribution in [-0.4, -0.2) is 29.4 Å². The number of hydrogen-bond acceptors (Lipinski definition) is 2. The van der Waals surface area contributed by atoms with Gasteiger partial charge in [-0.15, -0.1) is 0 Å². The fourth-order valence-corrected chi connectivity index (χ4v) is 2.56. The summed E-state index contributed by atoms with van der Waals surface area (Å²) in [5.41, 5.74) is 5.60. The van der Waals surface area contributed by atoms with E-state index in [1.165, 1.54) is 4.90 Å². The molecule has 0 atom stereocenters. The maximum atomic E-state index is 13.5. The van der Waals surface area contributed by atoms with Gasteiger partial charge in [0.15, 0.2) is 0 Å². The summed E-state index contributed by atoms with van der Waals surface area (Å²) in [4.78, 5) is 13.5. The van der Waals surface area contributed by atoms with Crippen molar-refractivity contribution in [2.45, 2.75) is 18.4 Å². The monoisotopic (exact) mass is 252 g/mol. The highest BCUT2D eigenvalue weighted by molar-refractivity contribution is 5.95. The van der Waals surface area contributed by atoms with Gasteiger partial charge in [0, 0.05) is 13.1 Å². The van der Waals surface area contributed by atoms with E-state index in [4.69, 9.17) is 5.73 Å². The van der Waals surface area contributed by atoms with Crippen molar-refractivity contribution in [3.8, 4) is 0 Å². The van der Waals surface area contributed by atoms with E-state index in [-0.39, 0.29) is 11.1 Å². The van der Waals surface area contributed by atoms with Gasteiger partial charge in [0.2, 0.25) is 0 Å². The summed E-state index contributed by atoms with van der Waals surface area (Å²) in [5, 5.41) is 0. The second-order valence-corrected chi connectivity index (χ2v) is 5.29. The minimum Gasteiger partial charge on any atom is -0.335 e. The molecule has 0 bridgehead atoms. The third kappa shape index (κ3) is 1.79. The number of carbonyl (C=O) groups excluding carboxylic acids is 1. The molecule has 0 radical (unpaired) electrons. The van der Waals surface area contributed by atoms with Gasteiger partial charge in [-0.05, 0) is 37.0 Å². The lowest BCUT2D eigenvalue weighted by molar-refractivity contribution is 0.0346. The number of benzene rings is 1. The number of carbonyl (C=O) groups is 1. The van der Waals surface area contributed by atoms with E-state index in [1.807, 2.05) is 0 Å². The lowest BCUT2D eigenvalue weighted by Crippen LogP contribution is -2.69. The van der Waals surface area contributed by atoms with E-state index in [9.17, 15) is 13.6 Å². The summed E-state index contributed by atoms with van der Waals surface area (Å²) in [5.74, 6) is -1.29. The predicted octanol–water partition coefficient (Wildman–Crippen LogP) is 1.53. The normalized spacial score (nSPS) is 21.6. The van der Waals surface area contributed by atoms with Gasteiger partial charge in [-0.3, -0.25) is 4.79 Å². The zero-order valence-electron chi connectivity index (χ0n) is 9.83. The second-order valence-electron chi connectivity index (χ2n) is 5.29. The fraction of sp³-hybridized carbons (Fsp3) is 0.462. The first kappa shape index (κ1) is 11.6. The summed E-state index contributed by atoms with van der Waals surface area (Å²) in [6, 6.07) is 2.91. The largest absolute Gasteiger partial charge is 0.335 e. The van der Waals surface area contributed by atoms with Crippen molar-refractivity contribution in [1.82, 2.24) is 4.90 Å². The molecule has 3 rings (SSSR count). The van der Waals surface area contributed by atoms with Crippen molar-refractivity contribution >= 4 is 5.91 Å². The Hall–Kier alpha value is -1.49. The van der Waals surface area contributed by atoms with Crippen molar-refractivity contribution in [2.75, 3.05) is 13.1 Å². The third-order valence-corrected chi connectivity index (χ3v) is 3.81. The van der Waals surface area contributed by atoms with Crippen LogP contribution in [0.5, 0.6) is 0 Å². The first-order chi connectivity index (χ1) is 8.49. The molecule has 18 heavy (non-hydrogen) atoms. The molecule has 5 heteroatoms. The van der Waals surface area contributed by atoms with Crippen LogP contribution in [0.1, 0.15) is 23.2 Å². The molecular formula is C13H14F2N2O. The minimum atomic E-state index is -0.692. The van der Waals surface area contributed by atoms with Crippen LogP contribution in [-0.2, 0) is 0 Å². The lowest BCUT2D eigenvalue weighted by Gasteiger charge is -2.48. The molecule has 1 aliphatic heterocycles. The van der Waals surface area contributed by atoms with Crippen molar-refractivity contribution in [3.05, 3.63) is 35.4 Å². The molecule has 1 aromatic carbocycles. The highest BCUT2D eigenvalue weighted by atomic mass is 19.1. The van der Waals surface area contributed by atoms with Crippen LogP contribution in [0.4, 0.5) is 8.78 Å². The molecule has 1 aliphatic carbocycles. The molecule has 3 nitrogen and oxygen atoms in total. The number of halogens is 2. The molecule has 96 valence electrons. The average Bonchev–Trinajstić information content (AvgIpc) is 3.11. The SMILES string of the molecule is NC1(C2CC2)CN(C(=O)c2cc(F)ccc2F)C1. The smallest absolute Gasteiger partial charge is 0.257 e. The van der Waals surface area contributed by atoms with Crippen molar-refractivity contribution < 1.29 is 13.6 Å². The van der Waals surface area contributed by atoms with E-state index in [2.05, 4.69) is 0 Å². The molecular weight excluding hydrogens is 238 g/mol. The molecule has 1 saturated carbocycles. The highest BCUT2D eigenvalue weighted by Crippen LogP contribution is 2.43. The van der Waals surface area contributed by atoms with E-state index in [0.717, 1.165) is 31.0 Å². The number of nitrogens with zero attached hydrogens (tertiary/aromatic N) is 1. The molecule has 0 aromatic heterocycles. The fourth-order valence-electron chi connectivity index (χ4n) is 2.56. The Kier molecular flexibility index (Phi) is 2.41. The van der Waals surface area contributed by atoms with E-state index in [1.54, 1.807) is 0 Å². The van der Waals surface area contributed by atoms with Gasteiger partial charge in [0.1, 0.15) is 11.6 Å². The van der Waals surface area contributed by atoms with Gasteiger partial charge in [-0.25, -0.2) is 8.78 Å². The Morgan fingerprint density at radius 3 is 2.61 bits per heavy atom. The van der Waals surface area contributed by atoms with Gasteiger partial charge < -0.3 is 10.6 Å². The van der Waals surface area contributed by atoms with Gasteiger partial charge in [0.05, 0.1) is 11.1 Å². The third-order valence-electron chi connectivity index (χ3n) is 3.81. The van der Waals surface area contributed by atoms with Gasteiger partial charge in [-0.1, -0.05) is 0 Å². The Labute approximate surface area is 104 Å². The average molecular weight is 252 g/mol. The molecule has 0 unspecified atom stereocenters. The van der Waals surface area contributed by atoms with Crippen LogP contribution >= 0.6 is 0 Å². The van der Waals surface area contributed by atoms with Crippen LogP contribution in [0.2, 0.25) is 0 Å². The zero-order chi connectivity index (χ0) is 12.9. The Morgan fingerprint density at radius 2 is 2.00 bits per heavy atom. The van der Waals surface area contributed by atoms with E-state index in [0.29, 0.717) is 19.0 Å². The quantitative estimate of drug-likeness (QED) is 0.867. The van der Waals surface area contributed by atoms with Crippen LogP contribution in [0.3, 0.4) is 0 Å². The summed E-state index contributed by atoms with van der Waals surface area (Å²) in [6.07, 6.45) is 2.21. The van der Waals surface area contributed by atoms with Gasteiger partial charge in [0.25, 0.3) is 5.91 Å². The number of rotatable bonds is 2. The van der Waals surface area contributed by atoms with Crippen molar-refractivity contribution in [3.63, 3.8) is 0 Å². The maximum Gasteiger partial charge on any atom is 0.257 e. The number of amides is 1. The van der Waals surface area contributed by atoms with E-state index < -0.39 is 17.5 Å². The second kappa shape index (κ2) is 3.75. The van der Waals surface area contributed by atoms with Crippen LogP contribution in [0, 0.1) is 17.6 Å². The molecule has 1 amide bonds. The Bertz CT molecular complexity index is 508. The summed E-state index contributed by atoms with van der Waals surface area (Å²) >= 11 is 0. The predicted molar refractivity (Wildman–Crippen MR) is 61.9 cm³/mol. The van der Waals surface area contributed by atoms with Gasteiger partial charge >= 0.3 is 0 Å². The molecule has 2 fully saturated rings. The van der Waals surface area contributed by atoms with E-state index >= 15 is 0 Å². The number of likely N-dealkylation sites (tertiary alicyclic amines) is 1. The summed E-state index contributed by atoms with van der Waals surface area (Å²) < 4.78 is 26.5. The first-order valence-electron chi connectivity index (χ1n) is 6.03. The standard InChI is InChI=1S/C13H14F2N2O/c14-9-3-4-11(15)10(5-9)12(18)17-6-13(16,7-17)8-1-2-8/h3-5,8H,1-2,6-7,16H2. The summed E-state index contributed by atoms with van der Waals surface area (Å²) in [7, 11) is 0. The van der Waals surface area contributed by atoms with Crippen LogP contribution in [0.25, 0.3) is 0 Å². The van der Waals surface area contributed by atoms with Crippen LogP contribution < -0.4 is 5.73 Å². The first-order valence-corrected chi connectivity index (χ1v) is 6.03. The molecule has 2 N–H and O–H groups in total. The van der Waals surface area contributed by atoms with Crippen molar-refractivity contribution in [1.29, 1.82) is 0 Å². The molecule has 2 aliphatic rings. The topological polar surface area (TPSA) is 46.3 Å². The molecule has 1 saturated heterocycles. The number of hydrogen-bond donors (Lipinski definition) is 1.